The summed E-state index contributed by atoms with van der Waals surface area (Å²) in [6, 6.07) is 13.3. The van der Waals surface area contributed by atoms with Crippen molar-refractivity contribution in [1.29, 1.82) is 0 Å². The van der Waals surface area contributed by atoms with E-state index in [0.29, 0.717) is 5.69 Å². The molecule has 0 aliphatic heterocycles. The van der Waals surface area contributed by atoms with E-state index >= 15 is 0 Å². The predicted molar refractivity (Wildman–Crippen MR) is 99.5 cm³/mol. The Morgan fingerprint density at radius 2 is 1.96 bits per heavy atom. The molecule has 0 aliphatic rings. The van der Waals surface area contributed by atoms with Crippen LogP contribution in [0.2, 0.25) is 0 Å². The van der Waals surface area contributed by atoms with E-state index in [4.69, 9.17) is 0 Å². The van der Waals surface area contributed by atoms with Gasteiger partial charge in [0, 0.05) is 11.8 Å². The summed E-state index contributed by atoms with van der Waals surface area (Å²) >= 11 is 0. The molecule has 0 aliphatic carbocycles. The Morgan fingerprint density at radius 1 is 1.19 bits per heavy atom. The first-order chi connectivity index (χ1) is 12.5. The van der Waals surface area contributed by atoms with Crippen molar-refractivity contribution >= 4 is 17.7 Å². The van der Waals surface area contributed by atoms with Gasteiger partial charge in [0.15, 0.2) is 0 Å². The van der Waals surface area contributed by atoms with Crippen LogP contribution in [0.3, 0.4) is 0 Å². The normalized spacial score (nSPS) is 11.2. The van der Waals surface area contributed by atoms with Crippen LogP contribution in [0.5, 0.6) is 0 Å². The average Bonchev–Trinajstić information content (AvgIpc) is 3.12. The molecule has 3 rings (SSSR count). The van der Waals surface area contributed by atoms with Crippen LogP contribution in [-0.2, 0) is 4.79 Å². The smallest absolute Gasteiger partial charge is 0.248 e. The SMILES string of the molecule is CC(C)c1cnnn1-c1cccc(NC(=O)/C=C/c2ccc(F)cc2)c1. The van der Waals surface area contributed by atoms with Crippen LogP contribution in [0, 0.1) is 5.82 Å². The van der Waals surface area contributed by atoms with Crippen molar-refractivity contribution in [3.05, 3.63) is 77.9 Å². The first kappa shape index (κ1) is 17.5. The molecule has 132 valence electrons. The molecule has 0 bridgehead atoms. The van der Waals surface area contributed by atoms with Crippen LogP contribution in [0.25, 0.3) is 11.8 Å². The predicted octanol–water partition coefficient (Wildman–Crippen LogP) is 4.18. The summed E-state index contributed by atoms with van der Waals surface area (Å²) in [6.07, 6.45) is 4.78. The fraction of sp³-hybridized carbons (Fsp3) is 0.150. The molecule has 26 heavy (non-hydrogen) atoms. The quantitative estimate of drug-likeness (QED) is 0.702. The zero-order valence-corrected chi connectivity index (χ0v) is 14.6. The van der Waals surface area contributed by atoms with E-state index in [1.54, 1.807) is 35.2 Å². The molecule has 0 spiro atoms. The Labute approximate surface area is 151 Å². The van der Waals surface area contributed by atoms with Gasteiger partial charge in [-0.25, -0.2) is 9.07 Å². The molecule has 0 atom stereocenters. The van der Waals surface area contributed by atoms with Crippen molar-refractivity contribution in [3.8, 4) is 5.69 Å². The molecule has 3 aromatic rings. The number of amides is 1. The molecule has 0 saturated carbocycles. The molecule has 2 aromatic carbocycles. The Hall–Kier alpha value is -3.28. The minimum absolute atomic E-state index is 0.269. The standard InChI is InChI=1S/C20H19FN4O/c1-14(2)19-13-22-24-25(19)18-5-3-4-17(12-18)23-20(26)11-8-15-6-9-16(21)10-7-15/h3-14H,1-2H3,(H,23,26)/b11-8+. The van der Waals surface area contributed by atoms with Gasteiger partial charge in [0.2, 0.25) is 5.91 Å². The van der Waals surface area contributed by atoms with Crippen LogP contribution in [0.15, 0.2) is 60.8 Å². The van der Waals surface area contributed by atoms with Gasteiger partial charge in [-0.2, -0.15) is 0 Å². The van der Waals surface area contributed by atoms with Crippen LogP contribution in [0.1, 0.15) is 31.0 Å². The topological polar surface area (TPSA) is 59.8 Å². The van der Waals surface area contributed by atoms with Gasteiger partial charge in [-0.3, -0.25) is 4.79 Å². The third kappa shape index (κ3) is 4.22. The summed E-state index contributed by atoms with van der Waals surface area (Å²) < 4.78 is 14.6. The minimum Gasteiger partial charge on any atom is -0.322 e. The van der Waals surface area contributed by atoms with Crippen molar-refractivity contribution in [2.24, 2.45) is 0 Å². The van der Waals surface area contributed by atoms with Crippen LogP contribution in [-0.4, -0.2) is 20.9 Å². The lowest BCUT2D eigenvalue weighted by atomic mass is 10.1. The highest BCUT2D eigenvalue weighted by Crippen LogP contribution is 2.20. The third-order valence-corrected chi connectivity index (χ3v) is 3.82. The fourth-order valence-corrected chi connectivity index (χ4v) is 2.48. The van der Waals surface area contributed by atoms with E-state index in [2.05, 4.69) is 29.5 Å². The molecular formula is C20H19FN4O. The van der Waals surface area contributed by atoms with E-state index in [0.717, 1.165) is 16.9 Å². The van der Waals surface area contributed by atoms with Crippen LogP contribution < -0.4 is 5.32 Å². The van der Waals surface area contributed by atoms with Gasteiger partial charge in [0.05, 0.1) is 17.6 Å². The lowest BCUT2D eigenvalue weighted by molar-refractivity contribution is -0.111. The van der Waals surface area contributed by atoms with Gasteiger partial charge in [0.1, 0.15) is 5.82 Å². The van der Waals surface area contributed by atoms with Crippen molar-refractivity contribution in [3.63, 3.8) is 0 Å². The van der Waals surface area contributed by atoms with Crippen molar-refractivity contribution in [2.45, 2.75) is 19.8 Å². The van der Waals surface area contributed by atoms with Crippen molar-refractivity contribution in [2.75, 3.05) is 5.32 Å². The summed E-state index contributed by atoms with van der Waals surface area (Å²) in [5.41, 5.74) is 3.22. The largest absolute Gasteiger partial charge is 0.322 e. The number of rotatable bonds is 5. The second-order valence-electron chi connectivity index (χ2n) is 6.15. The zero-order chi connectivity index (χ0) is 18.5. The molecule has 0 radical (unpaired) electrons. The monoisotopic (exact) mass is 350 g/mol. The third-order valence-electron chi connectivity index (χ3n) is 3.82. The number of benzene rings is 2. The highest BCUT2D eigenvalue weighted by atomic mass is 19.1. The van der Waals surface area contributed by atoms with Crippen LogP contribution in [0.4, 0.5) is 10.1 Å². The molecule has 0 unspecified atom stereocenters. The Kier molecular flexibility index (Phi) is 5.22. The fourth-order valence-electron chi connectivity index (χ4n) is 2.48. The second-order valence-corrected chi connectivity index (χ2v) is 6.15. The number of nitrogens with one attached hydrogen (secondary N) is 1. The number of halogens is 1. The lowest BCUT2D eigenvalue weighted by Gasteiger charge is -2.10. The number of aromatic nitrogens is 3. The maximum absolute atomic E-state index is 12.9. The summed E-state index contributed by atoms with van der Waals surface area (Å²) in [5.74, 6) is -0.298. The van der Waals surface area contributed by atoms with Gasteiger partial charge in [-0.05, 0) is 47.9 Å². The highest BCUT2D eigenvalue weighted by molar-refractivity contribution is 6.02. The maximum atomic E-state index is 12.9. The Bertz CT molecular complexity index is 929. The molecule has 6 heteroatoms. The van der Waals surface area contributed by atoms with E-state index in [-0.39, 0.29) is 17.6 Å². The van der Waals surface area contributed by atoms with Crippen molar-refractivity contribution in [1.82, 2.24) is 15.0 Å². The van der Waals surface area contributed by atoms with Gasteiger partial charge in [-0.1, -0.05) is 37.3 Å². The zero-order valence-electron chi connectivity index (χ0n) is 14.6. The molecular weight excluding hydrogens is 331 g/mol. The molecule has 0 saturated heterocycles. The Balaban J connectivity index is 1.73. The van der Waals surface area contributed by atoms with Gasteiger partial charge in [-0.15, -0.1) is 5.10 Å². The number of carbonyl (C=O) groups excluding carboxylic acids is 1. The highest BCUT2D eigenvalue weighted by Gasteiger charge is 2.10. The number of nitrogens with zero attached hydrogens (tertiary/aromatic N) is 3. The first-order valence-corrected chi connectivity index (χ1v) is 8.28. The number of hydrogen-bond donors (Lipinski definition) is 1. The van der Waals surface area contributed by atoms with E-state index in [9.17, 15) is 9.18 Å². The van der Waals surface area contributed by atoms with Gasteiger partial charge in [0.25, 0.3) is 0 Å². The van der Waals surface area contributed by atoms with E-state index < -0.39 is 0 Å². The number of carbonyl (C=O) groups is 1. The molecule has 0 fully saturated rings. The summed E-state index contributed by atoms with van der Waals surface area (Å²) in [7, 11) is 0. The summed E-state index contributed by atoms with van der Waals surface area (Å²) in [5, 5.41) is 10.9. The average molecular weight is 350 g/mol. The van der Waals surface area contributed by atoms with Crippen LogP contribution >= 0.6 is 0 Å². The molecule has 1 heterocycles. The summed E-state index contributed by atoms with van der Waals surface area (Å²) in [4.78, 5) is 12.1. The molecule has 1 aromatic heterocycles. The second kappa shape index (κ2) is 7.74. The molecule has 1 amide bonds. The first-order valence-electron chi connectivity index (χ1n) is 8.28. The maximum Gasteiger partial charge on any atom is 0.248 e. The lowest BCUT2D eigenvalue weighted by Crippen LogP contribution is -2.09. The molecule has 1 N–H and O–H groups in total. The Morgan fingerprint density at radius 3 is 2.69 bits per heavy atom. The van der Waals surface area contributed by atoms with E-state index in [1.807, 2.05) is 18.2 Å². The van der Waals surface area contributed by atoms with E-state index in [1.165, 1.54) is 18.2 Å². The minimum atomic E-state index is -0.308. The van der Waals surface area contributed by atoms with Gasteiger partial charge >= 0.3 is 0 Å². The molecule has 5 nitrogen and oxygen atoms in total. The number of anilines is 1. The number of hydrogen-bond acceptors (Lipinski definition) is 3. The summed E-state index contributed by atoms with van der Waals surface area (Å²) in [6.45, 7) is 4.14. The van der Waals surface area contributed by atoms with Gasteiger partial charge < -0.3 is 5.32 Å². The van der Waals surface area contributed by atoms with Crippen molar-refractivity contribution < 1.29 is 9.18 Å².